The summed E-state index contributed by atoms with van der Waals surface area (Å²) in [5.74, 6) is -11.1. The number of amides is 8. The normalized spacial score (nSPS) is 26.4. The number of aliphatic hydroxyl groups is 7. The smallest absolute Gasteiger partial charge is 0.691 e. The van der Waals surface area contributed by atoms with E-state index in [1.807, 2.05) is 12.1 Å². The number of nitrogens with one attached hydrogen (secondary N) is 5. The van der Waals surface area contributed by atoms with E-state index in [-0.39, 0.29) is 53.0 Å². The van der Waals surface area contributed by atoms with Gasteiger partial charge in [-0.3, -0.25) is 43.4 Å². The van der Waals surface area contributed by atoms with E-state index in [1.165, 1.54) is 36.8 Å². The Balaban J connectivity index is 0.0000113. The molecule has 14 atom stereocenters. The molecular weight excluding hydrogens is 1220 g/mol. The number of carbonyl (C=O) groups excluding carboxylic acids is 8. The molecule has 8 rings (SSSR count). The van der Waals surface area contributed by atoms with E-state index in [4.69, 9.17) is 9.92 Å². The maximum Gasteiger partial charge on any atom is 1.00 e. The largest absolute Gasteiger partial charge is 1.00 e. The summed E-state index contributed by atoms with van der Waals surface area (Å²) in [7, 11) is 0. The summed E-state index contributed by atoms with van der Waals surface area (Å²) in [6.07, 6.45) is -11.1. The van der Waals surface area contributed by atoms with Gasteiger partial charge in [0.2, 0.25) is 41.4 Å². The molecule has 2 aromatic heterocycles. The maximum atomic E-state index is 14.7. The zero-order valence-corrected chi connectivity index (χ0v) is 51.8. The molecule has 8 amide bonds. The molecule has 0 bridgehead atoms. The first-order chi connectivity index (χ1) is 41.9. The van der Waals surface area contributed by atoms with E-state index in [2.05, 4.69) is 56.0 Å². The van der Waals surface area contributed by atoms with Gasteiger partial charge in [-0.15, -0.1) is 14.5 Å². The fraction of sp³-hybridized carbons (Fsp3) is 0.500. The van der Waals surface area contributed by atoms with Gasteiger partial charge >= 0.3 is 29.6 Å². The van der Waals surface area contributed by atoms with Crippen molar-refractivity contribution in [3.63, 3.8) is 0 Å². The maximum absolute atomic E-state index is 14.7. The number of benzene rings is 2. The number of nitrogens with zero attached hydrogens (tertiary/aromatic N) is 6. The van der Waals surface area contributed by atoms with Crippen molar-refractivity contribution in [2.75, 3.05) is 37.6 Å². The predicted molar refractivity (Wildman–Crippen MR) is 303 cm³/mol. The number of anilines is 1. The number of aliphatic hydroxyl groups excluding tert-OH is 7. The van der Waals surface area contributed by atoms with Gasteiger partial charge in [-0.1, -0.05) is 36.5 Å². The van der Waals surface area contributed by atoms with Crippen LogP contribution in [0.3, 0.4) is 0 Å². The number of fused-ring (bicyclic) bond motifs is 2. The molecule has 14 unspecified atom stereocenters. The molecule has 15 N–H and O–H groups in total. The van der Waals surface area contributed by atoms with E-state index in [9.17, 15) is 84.5 Å². The third-order valence-corrected chi connectivity index (χ3v) is 16.8. The standard InChI is InChI=1S/C54H68N12O20S2.Na/c1-24-22-66-42(43(24)73)50(80)57-21-30(68)17-32(58-46(76)26-6-8-27(9-7-26)51-62-63-52(87-51)29-11-13-38(56-20-29)64-14-4-3-5-15-64)47(77)59-39(25(2)67)53(81)65-23-31(69)18-33(65)48(78)61-41(49(79)60-40(54(66)82)35(71)19-37(55)72)45(75)44(74)28-10-12-34(70)36(16-28)84-88-86-85-83;/h6-13,16,20,24-25,30-33,35,39-45,67-71,73-75,83H,3-5,14-15,17-19,21-23H2,1-2H3,(H2,55,72)(H,57,80)(H,58,76)(H,59,77)(H,60,79)(H,61,78);/q;+1/p-1. The third kappa shape index (κ3) is 17.0. The number of rotatable bonds is 16. The van der Waals surface area contributed by atoms with Crippen LogP contribution in [-0.2, 0) is 42.9 Å². The Morgan fingerprint density at radius 1 is 0.809 bits per heavy atom. The van der Waals surface area contributed by atoms with Gasteiger partial charge in [0.25, 0.3) is 18.2 Å². The molecule has 4 aliphatic rings. The molecule has 4 saturated heterocycles. The van der Waals surface area contributed by atoms with Crippen molar-refractivity contribution in [3.05, 3.63) is 71.9 Å². The number of primary amides is 1. The number of hydrogen-bond acceptors (Lipinski definition) is 26. The fourth-order valence-electron chi connectivity index (χ4n) is 10.7. The molecule has 89 heavy (non-hydrogen) atoms. The fourth-order valence-corrected chi connectivity index (χ4v) is 11.8. The molecule has 32 nitrogen and oxygen atoms in total. The van der Waals surface area contributed by atoms with Crippen molar-refractivity contribution in [1.29, 1.82) is 0 Å². The molecule has 4 aromatic rings. The summed E-state index contributed by atoms with van der Waals surface area (Å²) < 4.78 is 9.04. The second kappa shape index (κ2) is 31.3. The average Bonchev–Trinajstić information content (AvgIpc) is 2.15. The van der Waals surface area contributed by atoms with Crippen molar-refractivity contribution >= 4 is 76.7 Å². The van der Waals surface area contributed by atoms with Crippen LogP contribution in [0.2, 0.25) is 0 Å². The summed E-state index contributed by atoms with van der Waals surface area (Å²) in [5, 5.41) is 125. The van der Waals surface area contributed by atoms with Crippen LogP contribution in [0.25, 0.3) is 21.1 Å². The van der Waals surface area contributed by atoms with Crippen LogP contribution in [0.5, 0.6) is 11.5 Å². The van der Waals surface area contributed by atoms with Crippen molar-refractivity contribution in [1.82, 2.24) is 51.6 Å². The third-order valence-electron chi connectivity index (χ3n) is 15.4. The van der Waals surface area contributed by atoms with Crippen LogP contribution in [0.1, 0.15) is 74.4 Å². The summed E-state index contributed by atoms with van der Waals surface area (Å²) in [6, 6.07) is 0.428. The average molecular weight is 1290 g/mol. The Morgan fingerprint density at radius 3 is 2.11 bits per heavy atom. The van der Waals surface area contributed by atoms with Gasteiger partial charge in [0.15, 0.2) is 11.5 Å². The minimum Gasteiger partial charge on any atom is -0.691 e. The number of phenols is 1. The van der Waals surface area contributed by atoms with E-state index >= 15 is 0 Å². The summed E-state index contributed by atoms with van der Waals surface area (Å²) in [5.41, 5.74) is 6.32. The number of pyridine rings is 1. The molecule has 0 saturated carbocycles. The predicted octanol–water partition coefficient (Wildman–Crippen LogP) is -7.55. The minimum absolute atomic E-state index is 0. The van der Waals surface area contributed by atoms with Gasteiger partial charge in [0.1, 0.15) is 64.3 Å². The van der Waals surface area contributed by atoms with E-state index in [1.54, 1.807) is 18.3 Å². The summed E-state index contributed by atoms with van der Waals surface area (Å²) >= 11 is 1.19. The SMILES string of the molecule is CC(O)C1NC(=O)C(NC(=O)c2ccc(-c3nnc(-c4ccc(N5CCCCC5)nc4)s3)cc2)CC(O)CNC(=O)C2C(O)C(C)CN2C(=O)C(C(O)CC(N)=O)NC(=O)C(C(O)C(O)c2ccc(O)c(OSOO[O-])c2)NC(=O)C2CC(O)CN2C1=O.[Na+]. The van der Waals surface area contributed by atoms with E-state index in [0.717, 1.165) is 72.2 Å². The molecule has 0 spiro atoms. The number of piperidine rings is 1. The number of β-amino-alcohol motifs (C(OH)–C–C–N with tert-alkyl or cyclic N) is 1. The zero-order chi connectivity index (χ0) is 63.7. The molecule has 476 valence electrons. The second-order valence-electron chi connectivity index (χ2n) is 21.8. The van der Waals surface area contributed by atoms with Gasteiger partial charge < -0.3 is 97.3 Å². The molecule has 4 aliphatic heterocycles. The van der Waals surface area contributed by atoms with Crippen LogP contribution in [0, 0.1) is 5.92 Å². The Hall–Kier alpha value is -6.74. The van der Waals surface area contributed by atoms with E-state index in [0.29, 0.717) is 15.6 Å². The topological polar surface area (TPSA) is 484 Å². The minimum atomic E-state index is -2.54. The van der Waals surface area contributed by atoms with E-state index < -0.39 is 183 Å². The van der Waals surface area contributed by atoms with Gasteiger partial charge in [-0.05, 0) is 68.1 Å². The molecule has 35 heteroatoms. The molecule has 2 aromatic carbocycles. The number of hydrogen-bond donors (Lipinski definition) is 14. The van der Waals surface area contributed by atoms with Gasteiger partial charge in [0, 0.05) is 74.4 Å². The first-order valence-electron chi connectivity index (χ1n) is 27.9. The van der Waals surface area contributed by atoms with Crippen LogP contribution in [0.15, 0.2) is 60.8 Å². The Bertz CT molecular complexity index is 3170. The molecule has 4 fully saturated rings. The Labute approximate surface area is 538 Å². The molecular formula is C54H67N12NaO20S2. The van der Waals surface area contributed by atoms with Gasteiger partial charge in [-0.2, -0.15) is 0 Å². The van der Waals surface area contributed by atoms with Crippen molar-refractivity contribution in [2.24, 2.45) is 11.7 Å². The summed E-state index contributed by atoms with van der Waals surface area (Å²) in [4.78, 5) is 122. The quantitative estimate of drug-likeness (QED) is 0.0163. The van der Waals surface area contributed by atoms with Crippen LogP contribution < -0.4 is 76.2 Å². The van der Waals surface area contributed by atoms with Crippen molar-refractivity contribution < 1.29 is 128 Å². The first kappa shape index (κ1) is 69.7. The second-order valence-corrected chi connectivity index (χ2v) is 23.2. The number of aromatic hydroxyl groups is 1. The van der Waals surface area contributed by atoms with Crippen LogP contribution in [-0.4, -0.2) is 219 Å². The van der Waals surface area contributed by atoms with Crippen molar-refractivity contribution in [3.8, 4) is 32.6 Å². The van der Waals surface area contributed by atoms with Gasteiger partial charge in [-0.25, -0.2) is 4.98 Å². The Morgan fingerprint density at radius 2 is 1.46 bits per heavy atom. The summed E-state index contributed by atoms with van der Waals surface area (Å²) in [6.45, 7) is 2.53. The van der Waals surface area contributed by atoms with Crippen LogP contribution in [0.4, 0.5) is 5.82 Å². The number of carbonyl (C=O) groups is 8. The monoisotopic (exact) mass is 1290 g/mol. The van der Waals surface area contributed by atoms with Crippen LogP contribution >= 0.6 is 23.7 Å². The van der Waals surface area contributed by atoms with Gasteiger partial charge in [0.05, 0.1) is 36.9 Å². The zero-order valence-electron chi connectivity index (χ0n) is 48.2. The molecule has 0 aliphatic carbocycles. The first-order valence-corrected chi connectivity index (χ1v) is 29.4. The Kier molecular flexibility index (Phi) is 24.5. The van der Waals surface area contributed by atoms with Crippen molar-refractivity contribution in [2.45, 2.75) is 131 Å². The number of aromatic nitrogens is 3. The number of nitrogens with two attached hydrogens (primary N) is 1. The molecule has 0 radical (unpaired) electrons. The number of phenolic OH excluding ortho intramolecular Hbond substituents is 1. The molecule has 6 heterocycles.